The molecule has 0 bridgehead atoms. The number of nitrogens with zero attached hydrogens (tertiary/aromatic N) is 1. The number of halogens is 1. The van der Waals surface area contributed by atoms with Gasteiger partial charge in [0, 0.05) is 23.0 Å². The van der Waals surface area contributed by atoms with Crippen molar-refractivity contribution in [3.8, 4) is 0 Å². The quantitative estimate of drug-likeness (QED) is 0.674. The van der Waals surface area contributed by atoms with Crippen molar-refractivity contribution in [1.29, 1.82) is 0 Å². The Balaban J connectivity index is 2.20. The fourth-order valence-corrected chi connectivity index (χ4v) is 2.52. The molecule has 0 saturated carbocycles. The average Bonchev–Trinajstić information content (AvgIpc) is 2.47. The van der Waals surface area contributed by atoms with Crippen molar-refractivity contribution in [2.24, 2.45) is 0 Å². The summed E-state index contributed by atoms with van der Waals surface area (Å²) in [5, 5.41) is 0. The molecule has 0 aliphatic carbocycles. The molecule has 18 heavy (non-hydrogen) atoms. The zero-order valence-electron chi connectivity index (χ0n) is 9.99. The fourth-order valence-electron chi connectivity index (χ4n) is 2.00. The summed E-state index contributed by atoms with van der Waals surface area (Å²) < 4.78 is 0.826. The van der Waals surface area contributed by atoms with Gasteiger partial charge in [-0.05, 0) is 30.5 Å². The van der Waals surface area contributed by atoms with Crippen molar-refractivity contribution in [3.05, 3.63) is 28.2 Å². The summed E-state index contributed by atoms with van der Waals surface area (Å²) in [6.45, 7) is 0.318. The van der Waals surface area contributed by atoms with Crippen LogP contribution in [-0.4, -0.2) is 16.7 Å². The maximum absolute atomic E-state index is 11.9. The van der Waals surface area contributed by atoms with E-state index in [1.165, 1.54) is 4.90 Å². The molecule has 1 aliphatic heterocycles. The van der Waals surface area contributed by atoms with Gasteiger partial charge in [-0.15, -0.1) is 0 Å². The lowest BCUT2D eigenvalue weighted by molar-refractivity contribution is -0.144. The van der Waals surface area contributed by atoms with E-state index < -0.39 is 0 Å². The van der Waals surface area contributed by atoms with Gasteiger partial charge >= 0.3 is 0 Å². The van der Waals surface area contributed by atoms with E-state index in [1.54, 1.807) is 12.1 Å². The van der Waals surface area contributed by atoms with Crippen LogP contribution in [0.2, 0.25) is 0 Å². The third kappa shape index (κ3) is 2.90. The normalized spacial score (nSPS) is 16.8. The first-order valence-electron chi connectivity index (χ1n) is 5.95. The molecule has 2 N–H and O–H groups in total. The van der Waals surface area contributed by atoms with Crippen LogP contribution >= 0.6 is 15.9 Å². The topological polar surface area (TPSA) is 63.4 Å². The van der Waals surface area contributed by atoms with Gasteiger partial charge in [0.2, 0.25) is 11.8 Å². The minimum Gasteiger partial charge on any atom is -0.399 e. The van der Waals surface area contributed by atoms with Gasteiger partial charge in [0.1, 0.15) is 0 Å². The number of nitrogens with two attached hydrogens (primary N) is 1. The summed E-state index contributed by atoms with van der Waals surface area (Å²) >= 11 is 3.40. The molecule has 0 unspecified atom stereocenters. The number of rotatable bonds is 2. The highest BCUT2D eigenvalue weighted by atomic mass is 79.9. The predicted molar refractivity (Wildman–Crippen MR) is 72.6 cm³/mol. The third-order valence-corrected chi connectivity index (χ3v) is 3.78. The number of imide groups is 1. The van der Waals surface area contributed by atoms with Gasteiger partial charge in [-0.2, -0.15) is 0 Å². The molecule has 5 heteroatoms. The SMILES string of the molecule is Nc1ccc(CN2C(=O)CCCCC2=O)c(Br)c1. The van der Waals surface area contributed by atoms with E-state index in [0.717, 1.165) is 22.9 Å². The van der Waals surface area contributed by atoms with Gasteiger partial charge in [-0.3, -0.25) is 14.5 Å². The summed E-state index contributed by atoms with van der Waals surface area (Å²) in [7, 11) is 0. The van der Waals surface area contributed by atoms with Crippen LogP contribution in [0.1, 0.15) is 31.2 Å². The van der Waals surface area contributed by atoms with Crippen molar-refractivity contribution in [1.82, 2.24) is 4.90 Å². The number of hydrogen-bond donors (Lipinski definition) is 1. The van der Waals surface area contributed by atoms with Crippen LogP contribution in [-0.2, 0) is 16.1 Å². The molecule has 0 aromatic heterocycles. The van der Waals surface area contributed by atoms with E-state index in [-0.39, 0.29) is 11.8 Å². The van der Waals surface area contributed by atoms with Crippen LogP contribution in [0.5, 0.6) is 0 Å². The number of hydrogen-bond acceptors (Lipinski definition) is 3. The number of likely N-dealkylation sites (tertiary alicyclic amines) is 1. The second-order valence-electron chi connectivity index (χ2n) is 4.43. The van der Waals surface area contributed by atoms with E-state index in [4.69, 9.17) is 5.73 Å². The van der Waals surface area contributed by atoms with Gasteiger partial charge in [-0.25, -0.2) is 0 Å². The van der Waals surface area contributed by atoms with Gasteiger partial charge in [-0.1, -0.05) is 22.0 Å². The highest BCUT2D eigenvalue weighted by Crippen LogP contribution is 2.23. The molecular weight excluding hydrogens is 296 g/mol. The number of nitrogen functional groups attached to an aromatic ring is 1. The molecule has 1 heterocycles. The van der Waals surface area contributed by atoms with Crippen molar-refractivity contribution < 1.29 is 9.59 Å². The van der Waals surface area contributed by atoms with Crippen molar-refractivity contribution >= 4 is 33.4 Å². The Morgan fingerprint density at radius 3 is 2.33 bits per heavy atom. The second kappa shape index (κ2) is 5.52. The molecular formula is C13H15BrN2O2. The van der Waals surface area contributed by atoms with Gasteiger partial charge in [0.15, 0.2) is 0 Å². The lowest BCUT2D eigenvalue weighted by atomic mass is 10.2. The summed E-state index contributed by atoms with van der Waals surface area (Å²) in [5.41, 5.74) is 7.21. The lowest BCUT2D eigenvalue weighted by Crippen LogP contribution is -2.34. The monoisotopic (exact) mass is 310 g/mol. The Bertz CT molecular complexity index is 470. The summed E-state index contributed by atoms with van der Waals surface area (Å²) in [6.07, 6.45) is 2.50. The number of anilines is 1. The molecule has 2 amide bonds. The second-order valence-corrected chi connectivity index (χ2v) is 5.29. The molecule has 4 nitrogen and oxygen atoms in total. The molecule has 0 atom stereocenters. The van der Waals surface area contributed by atoms with E-state index >= 15 is 0 Å². The Kier molecular flexibility index (Phi) is 4.01. The van der Waals surface area contributed by atoms with Gasteiger partial charge in [0.05, 0.1) is 6.54 Å². The van der Waals surface area contributed by atoms with Crippen molar-refractivity contribution in [2.45, 2.75) is 32.2 Å². The Labute approximate surface area is 114 Å². The highest BCUT2D eigenvalue weighted by Gasteiger charge is 2.24. The zero-order chi connectivity index (χ0) is 13.1. The van der Waals surface area contributed by atoms with Crippen LogP contribution in [0.15, 0.2) is 22.7 Å². The molecule has 1 aromatic carbocycles. The number of amides is 2. The maximum Gasteiger partial charge on any atom is 0.229 e. The molecule has 2 rings (SSSR count). The van der Waals surface area contributed by atoms with Crippen molar-refractivity contribution in [3.63, 3.8) is 0 Å². The third-order valence-electron chi connectivity index (χ3n) is 3.04. The van der Waals surface area contributed by atoms with Crippen LogP contribution in [0.25, 0.3) is 0 Å². The number of carbonyl (C=O) groups is 2. The Hall–Kier alpha value is -1.36. The average molecular weight is 311 g/mol. The largest absolute Gasteiger partial charge is 0.399 e. The minimum absolute atomic E-state index is 0.0822. The van der Waals surface area contributed by atoms with E-state index in [2.05, 4.69) is 15.9 Å². The molecule has 1 fully saturated rings. The van der Waals surface area contributed by atoms with Gasteiger partial charge in [0.25, 0.3) is 0 Å². The van der Waals surface area contributed by atoms with Crippen LogP contribution < -0.4 is 5.73 Å². The predicted octanol–water partition coefficient (Wildman–Crippen LogP) is 2.46. The zero-order valence-corrected chi connectivity index (χ0v) is 11.6. The highest BCUT2D eigenvalue weighted by molar-refractivity contribution is 9.10. The molecule has 0 radical (unpaired) electrons. The smallest absolute Gasteiger partial charge is 0.229 e. The van der Waals surface area contributed by atoms with Crippen molar-refractivity contribution in [2.75, 3.05) is 5.73 Å². The van der Waals surface area contributed by atoms with Crippen LogP contribution in [0.4, 0.5) is 5.69 Å². The first-order valence-corrected chi connectivity index (χ1v) is 6.74. The lowest BCUT2D eigenvalue weighted by Gasteiger charge is -2.19. The molecule has 1 aliphatic rings. The number of carbonyl (C=O) groups excluding carboxylic acids is 2. The molecule has 0 spiro atoms. The summed E-state index contributed by atoms with van der Waals surface area (Å²) in [5.74, 6) is -0.164. The molecule has 1 aromatic rings. The Morgan fingerprint density at radius 1 is 1.17 bits per heavy atom. The van der Waals surface area contributed by atoms with Gasteiger partial charge < -0.3 is 5.73 Å². The Morgan fingerprint density at radius 2 is 1.78 bits per heavy atom. The maximum atomic E-state index is 11.9. The minimum atomic E-state index is -0.0822. The standard InChI is InChI=1S/C13H15BrN2O2/c14-11-7-10(15)6-5-9(11)8-16-12(17)3-1-2-4-13(16)18/h5-7H,1-4,8,15H2. The van der Waals surface area contributed by atoms with E-state index in [1.807, 2.05) is 6.07 Å². The number of benzene rings is 1. The van der Waals surface area contributed by atoms with E-state index in [0.29, 0.717) is 25.1 Å². The van der Waals surface area contributed by atoms with Crippen LogP contribution in [0.3, 0.4) is 0 Å². The van der Waals surface area contributed by atoms with E-state index in [9.17, 15) is 9.59 Å². The first kappa shape index (κ1) is 13.1. The molecule has 1 saturated heterocycles. The van der Waals surface area contributed by atoms with Crippen LogP contribution in [0, 0.1) is 0 Å². The fraction of sp³-hybridized carbons (Fsp3) is 0.385. The first-order chi connectivity index (χ1) is 8.58. The summed E-state index contributed by atoms with van der Waals surface area (Å²) in [4.78, 5) is 25.1. The molecule has 96 valence electrons. The summed E-state index contributed by atoms with van der Waals surface area (Å²) in [6, 6.07) is 5.39.